The molecular weight excluding hydrogens is 268 g/mol. The van der Waals surface area contributed by atoms with Crippen LogP contribution in [0.4, 0.5) is 0 Å². The molecule has 1 N–H and O–H groups in total. The fraction of sp³-hybridized carbons (Fsp3) is 0.375. The molecule has 0 saturated heterocycles. The summed E-state index contributed by atoms with van der Waals surface area (Å²) in [6, 6.07) is 7.67. The van der Waals surface area contributed by atoms with Crippen molar-refractivity contribution < 1.29 is 4.79 Å². The fourth-order valence-electron chi connectivity index (χ4n) is 2.86. The maximum absolute atomic E-state index is 11.6. The minimum Gasteiger partial charge on any atom is -0.307 e. The lowest BCUT2D eigenvalue weighted by atomic mass is 10.0. The minimum absolute atomic E-state index is 0.360. The van der Waals surface area contributed by atoms with Gasteiger partial charge >= 0.3 is 0 Å². The lowest BCUT2D eigenvalue weighted by molar-refractivity contribution is -0.109. The third-order valence-corrected chi connectivity index (χ3v) is 5.02. The van der Waals surface area contributed by atoms with Crippen molar-refractivity contribution in [2.45, 2.75) is 38.6 Å². The van der Waals surface area contributed by atoms with E-state index in [1.165, 1.54) is 33.9 Å². The number of rotatable bonds is 3. The van der Waals surface area contributed by atoms with Crippen LogP contribution in [0.5, 0.6) is 0 Å². The van der Waals surface area contributed by atoms with E-state index in [0.717, 1.165) is 31.1 Å². The molecule has 1 aliphatic rings. The van der Waals surface area contributed by atoms with Crippen LogP contribution in [0.2, 0.25) is 0 Å². The van der Waals surface area contributed by atoms with E-state index in [0.29, 0.717) is 4.80 Å². The number of hydrogen-bond donors (Lipinski definition) is 1. The Hall–Kier alpha value is -1.68. The van der Waals surface area contributed by atoms with Crippen LogP contribution in [0.3, 0.4) is 0 Å². The highest BCUT2D eigenvalue weighted by Gasteiger charge is 2.22. The number of thiazole rings is 1. The van der Waals surface area contributed by atoms with Crippen LogP contribution >= 0.6 is 11.3 Å². The van der Waals surface area contributed by atoms with Gasteiger partial charge in [-0.2, -0.15) is 0 Å². The smallest absolute Gasteiger partial charge is 0.183 e. The van der Waals surface area contributed by atoms with Gasteiger partial charge in [-0.25, -0.2) is 0 Å². The largest absolute Gasteiger partial charge is 0.307 e. The summed E-state index contributed by atoms with van der Waals surface area (Å²) in [5.74, 6) is 0. The van der Waals surface area contributed by atoms with Gasteiger partial charge in [0, 0.05) is 10.6 Å². The van der Waals surface area contributed by atoms with E-state index in [2.05, 4.69) is 0 Å². The molecule has 0 spiro atoms. The van der Waals surface area contributed by atoms with E-state index < -0.39 is 0 Å². The van der Waals surface area contributed by atoms with Crippen molar-refractivity contribution >= 4 is 17.6 Å². The highest BCUT2D eigenvalue weighted by Crippen LogP contribution is 2.27. The zero-order valence-electron chi connectivity index (χ0n) is 11.6. The van der Waals surface area contributed by atoms with E-state index in [9.17, 15) is 4.79 Å². The minimum atomic E-state index is -0.360. The fourth-order valence-corrected chi connectivity index (χ4v) is 3.98. The number of carbonyl (C=O) groups excluding carboxylic acids is 1. The Balaban J connectivity index is 2.10. The maximum atomic E-state index is 11.6. The second-order valence-corrected chi connectivity index (χ2v) is 6.43. The Morgan fingerprint density at radius 1 is 1.25 bits per heavy atom. The highest BCUT2D eigenvalue weighted by molar-refractivity contribution is 7.09. The van der Waals surface area contributed by atoms with Crippen LogP contribution in [-0.4, -0.2) is 10.9 Å². The number of nitrogens with one attached hydrogen (secondary N) is 1. The van der Waals surface area contributed by atoms with Gasteiger partial charge in [0.1, 0.15) is 12.3 Å². The zero-order chi connectivity index (χ0) is 14.1. The number of aldehydes is 1. The molecule has 3 nitrogen and oxygen atoms in total. The third-order valence-electron chi connectivity index (χ3n) is 3.94. The average molecular weight is 286 g/mol. The first-order chi connectivity index (χ1) is 9.70. The summed E-state index contributed by atoms with van der Waals surface area (Å²) in [7, 11) is 0. The van der Waals surface area contributed by atoms with Crippen LogP contribution in [0.25, 0.3) is 0 Å². The number of hydrogen-bond acceptors (Lipinski definition) is 3. The van der Waals surface area contributed by atoms with Crippen molar-refractivity contribution in [3.05, 3.63) is 50.8 Å². The lowest BCUT2D eigenvalue weighted by Gasteiger charge is -2.19. The molecule has 0 radical (unpaired) electrons. The molecule has 1 unspecified atom stereocenters. The molecule has 0 amide bonds. The van der Waals surface area contributed by atoms with Crippen molar-refractivity contribution in [2.75, 3.05) is 0 Å². The van der Waals surface area contributed by atoms with Gasteiger partial charge < -0.3 is 9.36 Å². The number of benzene rings is 1. The first kappa shape index (κ1) is 13.3. The SMILES string of the molecule is Cc1ccc(C(C=O)n2c3c(sc2=N)CCCC3)cc1. The normalized spacial score (nSPS) is 15.7. The van der Waals surface area contributed by atoms with Crippen molar-refractivity contribution in [1.29, 1.82) is 5.41 Å². The molecule has 20 heavy (non-hydrogen) atoms. The molecule has 1 aromatic heterocycles. The predicted molar refractivity (Wildman–Crippen MR) is 80.2 cm³/mol. The average Bonchev–Trinajstić information content (AvgIpc) is 2.79. The standard InChI is InChI=1S/C16H18N2OS/c1-11-6-8-12(9-7-11)14(10-19)18-13-4-2-3-5-15(13)20-16(18)17/h6-10,14,17H,2-5H2,1H3. The van der Waals surface area contributed by atoms with Gasteiger partial charge in [0.25, 0.3) is 0 Å². The van der Waals surface area contributed by atoms with Gasteiger partial charge in [-0.1, -0.05) is 29.8 Å². The first-order valence-corrected chi connectivity index (χ1v) is 7.82. The molecule has 1 heterocycles. The predicted octanol–water partition coefficient (Wildman–Crippen LogP) is 3.00. The molecule has 4 heteroatoms. The summed E-state index contributed by atoms with van der Waals surface area (Å²) in [5, 5.41) is 8.21. The summed E-state index contributed by atoms with van der Waals surface area (Å²) in [6.07, 6.45) is 5.36. The quantitative estimate of drug-likeness (QED) is 0.866. The van der Waals surface area contributed by atoms with Gasteiger partial charge in [0.05, 0.1) is 0 Å². The zero-order valence-corrected chi connectivity index (χ0v) is 12.4. The number of aryl methyl sites for hydroxylation is 2. The molecular formula is C16H18N2OS. The molecule has 1 aliphatic carbocycles. The van der Waals surface area contributed by atoms with Crippen LogP contribution < -0.4 is 4.80 Å². The van der Waals surface area contributed by atoms with Gasteiger partial charge in [-0.3, -0.25) is 5.41 Å². The number of carbonyl (C=O) groups is 1. The lowest BCUT2D eigenvalue weighted by Crippen LogP contribution is -2.25. The van der Waals surface area contributed by atoms with Crippen molar-refractivity contribution in [1.82, 2.24) is 4.57 Å². The van der Waals surface area contributed by atoms with Gasteiger partial charge in [-0.05, 0) is 38.2 Å². The Morgan fingerprint density at radius 2 is 1.95 bits per heavy atom. The van der Waals surface area contributed by atoms with Crippen LogP contribution in [0.15, 0.2) is 24.3 Å². The topological polar surface area (TPSA) is 45.9 Å². The number of fused-ring (bicyclic) bond motifs is 1. The van der Waals surface area contributed by atoms with E-state index in [4.69, 9.17) is 5.41 Å². The van der Waals surface area contributed by atoms with Crippen LogP contribution in [0, 0.1) is 12.3 Å². The maximum Gasteiger partial charge on any atom is 0.183 e. The van der Waals surface area contributed by atoms with Crippen molar-refractivity contribution in [3.8, 4) is 0 Å². The molecule has 0 saturated carbocycles. The molecule has 1 atom stereocenters. The van der Waals surface area contributed by atoms with Crippen LogP contribution in [-0.2, 0) is 17.6 Å². The summed E-state index contributed by atoms with van der Waals surface area (Å²) in [5.41, 5.74) is 3.35. The molecule has 1 aromatic carbocycles. The van der Waals surface area contributed by atoms with Gasteiger partial charge in [0.2, 0.25) is 0 Å². The summed E-state index contributed by atoms with van der Waals surface area (Å²) in [6.45, 7) is 2.04. The molecule has 3 rings (SSSR count). The second-order valence-electron chi connectivity index (χ2n) is 5.35. The number of aromatic nitrogens is 1. The van der Waals surface area contributed by atoms with Gasteiger partial charge in [-0.15, -0.1) is 11.3 Å². The molecule has 2 aromatic rings. The third kappa shape index (κ3) is 2.24. The Morgan fingerprint density at radius 3 is 2.65 bits per heavy atom. The van der Waals surface area contributed by atoms with Crippen molar-refractivity contribution in [2.24, 2.45) is 0 Å². The van der Waals surface area contributed by atoms with E-state index >= 15 is 0 Å². The van der Waals surface area contributed by atoms with E-state index in [-0.39, 0.29) is 6.04 Å². The van der Waals surface area contributed by atoms with E-state index in [1.54, 1.807) is 0 Å². The molecule has 0 aliphatic heterocycles. The first-order valence-electron chi connectivity index (χ1n) is 7.00. The summed E-state index contributed by atoms with van der Waals surface area (Å²) < 4.78 is 1.93. The highest BCUT2D eigenvalue weighted by atomic mass is 32.1. The monoisotopic (exact) mass is 286 g/mol. The summed E-state index contributed by atoms with van der Waals surface area (Å²) >= 11 is 1.53. The van der Waals surface area contributed by atoms with Crippen molar-refractivity contribution in [3.63, 3.8) is 0 Å². The van der Waals surface area contributed by atoms with Gasteiger partial charge in [0.15, 0.2) is 4.80 Å². The molecule has 0 fully saturated rings. The Bertz CT molecular complexity index is 681. The van der Waals surface area contributed by atoms with E-state index in [1.807, 2.05) is 35.8 Å². The van der Waals surface area contributed by atoms with Crippen LogP contribution in [0.1, 0.15) is 40.6 Å². The second kappa shape index (κ2) is 5.37. The molecule has 104 valence electrons. The molecule has 0 bridgehead atoms. The Kier molecular flexibility index (Phi) is 3.57. The summed E-state index contributed by atoms with van der Waals surface area (Å²) in [4.78, 5) is 13.4. The number of nitrogens with zero attached hydrogens (tertiary/aromatic N) is 1. The Labute approximate surface area is 122 Å².